The van der Waals surface area contributed by atoms with E-state index in [1.54, 1.807) is 13.8 Å². The van der Waals surface area contributed by atoms with Gasteiger partial charge in [-0.3, -0.25) is 9.79 Å². The molecule has 1 aliphatic carbocycles. The Bertz CT molecular complexity index is 949. The number of aliphatic imine (C=N–C) groups is 1. The van der Waals surface area contributed by atoms with Crippen LogP contribution in [0.5, 0.6) is 5.75 Å². The van der Waals surface area contributed by atoms with Crippen LogP contribution in [-0.4, -0.2) is 35.5 Å². The van der Waals surface area contributed by atoms with Gasteiger partial charge in [0, 0.05) is 12.1 Å². The number of carbonyl (C=O) groups excluding carboxylic acids is 1. The van der Waals surface area contributed by atoms with E-state index in [-0.39, 0.29) is 23.5 Å². The van der Waals surface area contributed by atoms with Crippen LogP contribution >= 0.6 is 0 Å². The first-order chi connectivity index (χ1) is 16.0. The zero-order valence-corrected chi connectivity index (χ0v) is 21.7. The minimum Gasteiger partial charge on any atom is -0.507 e. The smallest absolute Gasteiger partial charge is 0.269 e. The fourth-order valence-electron chi connectivity index (χ4n) is 5.22. The third kappa shape index (κ3) is 6.28. The second-order valence-electron chi connectivity index (χ2n) is 10.1. The molecule has 1 fully saturated rings. The average Bonchev–Trinajstić information content (AvgIpc) is 3.18. The number of phenols is 1. The lowest BCUT2D eigenvalue weighted by Gasteiger charge is -2.35. The fourth-order valence-corrected chi connectivity index (χ4v) is 5.22. The van der Waals surface area contributed by atoms with E-state index in [9.17, 15) is 14.3 Å². The summed E-state index contributed by atoms with van der Waals surface area (Å²) in [6.07, 6.45) is 4.51. The van der Waals surface area contributed by atoms with Crippen molar-refractivity contribution in [3.63, 3.8) is 0 Å². The summed E-state index contributed by atoms with van der Waals surface area (Å²) in [5.41, 5.74) is 8.85. The van der Waals surface area contributed by atoms with Gasteiger partial charge in [-0.15, -0.1) is 0 Å². The first-order valence-corrected chi connectivity index (χ1v) is 12.4. The van der Waals surface area contributed by atoms with Crippen molar-refractivity contribution in [2.75, 3.05) is 13.1 Å². The lowest BCUT2D eigenvalue weighted by atomic mass is 9.71. The lowest BCUT2D eigenvalue weighted by molar-refractivity contribution is -0.114. The summed E-state index contributed by atoms with van der Waals surface area (Å²) in [4.78, 5) is 17.4. The topological polar surface area (TPSA) is 87.7 Å². The highest BCUT2D eigenvalue weighted by Crippen LogP contribution is 2.44. The van der Waals surface area contributed by atoms with Crippen molar-refractivity contribution in [2.45, 2.75) is 78.8 Å². The summed E-state index contributed by atoms with van der Waals surface area (Å²) in [5.74, 6) is 0.604. The van der Waals surface area contributed by atoms with Crippen LogP contribution in [0.3, 0.4) is 0 Å². The standard InChI is InChI=1S/C26H37FN2O2.C2H5N/c1-7-28-25(31)24-23(17-8-10-18(11-9-17)26(5,6)27)21(14-29-24)20-13-19(15(2)3)16(4)12-22(20)30;1-2-3/h12-13,15,17-18,30H,7-11,14H2,1-6H3,(H,28,31);2H,1,3H2. The molecule has 1 aliphatic heterocycles. The summed E-state index contributed by atoms with van der Waals surface area (Å²) in [5, 5.41) is 13.7. The highest BCUT2D eigenvalue weighted by molar-refractivity contribution is 6.47. The summed E-state index contributed by atoms with van der Waals surface area (Å²) in [6.45, 7) is 15.6. The Morgan fingerprint density at radius 3 is 2.41 bits per heavy atom. The van der Waals surface area contributed by atoms with Crippen molar-refractivity contribution in [1.82, 2.24) is 5.32 Å². The van der Waals surface area contributed by atoms with Crippen LogP contribution in [0.2, 0.25) is 0 Å². The molecule has 4 N–H and O–H groups in total. The number of aromatic hydroxyl groups is 1. The van der Waals surface area contributed by atoms with Crippen LogP contribution in [0.4, 0.5) is 4.39 Å². The third-order valence-corrected chi connectivity index (χ3v) is 6.97. The Labute approximate surface area is 204 Å². The second kappa shape index (κ2) is 11.7. The van der Waals surface area contributed by atoms with Crippen LogP contribution in [0.15, 0.2) is 35.5 Å². The van der Waals surface area contributed by atoms with Crippen molar-refractivity contribution < 1.29 is 14.3 Å². The van der Waals surface area contributed by atoms with E-state index in [2.05, 4.69) is 42.5 Å². The van der Waals surface area contributed by atoms with Gasteiger partial charge < -0.3 is 16.2 Å². The van der Waals surface area contributed by atoms with Gasteiger partial charge in [0.1, 0.15) is 17.1 Å². The number of phenolic OH excluding ortho intramolecular Hbond substituents is 1. The number of rotatable bonds is 6. The molecule has 2 aliphatic rings. The Kier molecular flexibility index (Phi) is 9.48. The number of aryl methyl sites for hydroxylation is 1. The number of nitrogens with one attached hydrogen (secondary N) is 1. The minimum atomic E-state index is -1.18. The van der Waals surface area contributed by atoms with Gasteiger partial charge in [-0.1, -0.05) is 20.4 Å². The molecule has 34 heavy (non-hydrogen) atoms. The number of halogens is 1. The van der Waals surface area contributed by atoms with Crippen LogP contribution < -0.4 is 11.1 Å². The van der Waals surface area contributed by atoms with Crippen LogP contribution in [-0.2, 0) is 4.79 Å². The van der Waals surface area contributed by atoms with Crippen molar-refractivity contribution in [1.29, 1.82) is 0 Å². The van der Waals surface area contributed by atoms with E-state index < -0.39 is 5.67 Å². The molecule has 0 atom stereocenters. The van der Waals surface area contributed by atoms with E-state index in [1.165, 1.54) is 11.8 Å². The normalized spacial score (nSPS) is 20.5. The SMILES string of the molecule is C=CN.CCNC(=O)C1=NCC(c2cc(C(C)C)c(C)cc2O)=C1C1CCC(C(C)(C)F)CC1. The zero-order valence-electron chi connectivity index (χ0n) is 21.7. The summed E-state index contributed by atoms with van der Waals surface area (Å²) in [6, 6.07) is 3.89. The monoisotopic (exact) mass is 471 g/mol. The third-order valence-electron chi connectivity index (χ3n) is 6.97. The predicted molar refractivity (Wildman–Crippen MR) is 140 cm³/mol. The van der Waals surface area contributed by atoms with Gasteiger partial charge in [-0.2, -0.15) is 0 Å². The average molecular weight is 472 g/mol. The molecule has 6 heteroatoms. The molecule has 1 saturated carbocycles. The number of hydrogen-bond donors (Lipinski definition) is 3. The molecule has 1 aromatic carbocycles. The molecular weight excluding hydrogens is 429 g/mol. The predicted octanol–water partition coefficient (Wildman–Crippen LogP) is 5.81. The Morgan fingerprint density at radius 1 is 1.32 bits per heavy atom. The molecule has 0 spiro atoms. The second-order valence-corrected chi connectivity index (χ2v) is 10.1. The molecule has 0 saturated heterocycles. The maximum absolute atomic E-state index is 14.5. The number of alkyl halides is 1. The highest BCUT2D eigenvalue weighted by Gasteiger charge is 2.38. The van der Waals surface area contributed by atoms with Gasteiger partial charge in [-0.05, 0) is 112 Å². The minimum absolute atomic E-state index is 0.0411. The quantitative estimate of drug-likeness (QED) is 0.489. The van der Waals surface area contributed by atoms with Crippen molar-refractivity contribution in [2.24, 2.45) is 22.6 Å². The molecule has 0 unspecified atom stereocenters. The van der Waals surface area contributed by atoms with E-state index in [4.69, 9.17) is 0 Å². The van der Waals surface area contributed by atoms with E-state index in [0.29, 0.717) is 24.7 Å². The Balaban J connectivity index is 0.00000129. The zero-order chi connectivity index (χ0) is 25.6. The maximum Gasteiger partial charge on any atom is 0.269 e. The van der Waals surface area contributed by atoms with Crippen LogP contribution in [0.1, 0.15) is 82.9 Å². The molecule has 1 heterocycles. The maximum atomic E-state index is 14.5. The van der Waals surface area contributed by atoms with Gasteiger partial charge in [0.25, 0.3) is 5.91 Å². The number of carbonyl (C=O) groups is 1. The molecule has 0 radical (unpaired) electrons. The Morgan fingerprint density at radius 2 is 1.91 bits per heavy atom. The van der Waals surface area contributed by atoms with E-state index in [1.807, 2.05) is 19.9 Å². The Hall–Kier alpha value is -2.63. The van der Waals surface area contributed by atoms with Crippen LogP contribution in [0.25, 0.3) is 5.57 Å². The van der Waals surface area contributed by atoms with E-state index in [0.717, 1.165) is 48.0 Å². The molecule has 0 aromatic heterocycles. The van der Waals surface area contributed by atoms with Gasteiger partial charge in [0.05, 0.1) is 6.54 Å². The first kappa shape index (κ1) is 27.6. The molecule has 5 nitrogen and oxygen atoms in total. The summed E-state index contributed by atoms with van der Waals surface area (Å²) < 4.78 is 14.5. The summed E-state index contributed by atoms with van der Waals surface area (Å²) >= 11 is 0. The summed E-state index contributed by atoms with van der Waals surface area (Å²) in [7, 11) is 0. The molecular formula is C28H42FN3O2. The van der Waals surface area contributed by atoms with Crippen molar-refractivity contribution in [3.8, 4) is 5.75 Å². The molecule has 1 amide bonds. The number of nitrogens with zero attached hydrogens (tertiary/aromatic N) is 1. The van der Waals surface area contributed by atoms with Crippen molar-refractivity contribution in [3.05, 3.63) is 47.2 Å². The largest absolute Gasteiger partial charge is 0.507 e. The number of hydrogen-bond acceptors (Lipinski definition) is 4. The van der Waals surface area contributed by atoms with Gasteiger partial charge >= 0.3 is 0 Å². The molecule has 1 aromatic rings. The van der Waals surface area contributed by atoms with Gasteiger partial charge in [0.15, 0.2) is 0 Å². The molecule has 0 bridgehead atoms. The number of benzene rings is 1. The first-order valence-electron chi connectivity index (χ1n) is 12.4. The van der Waals surface area contributed by atoms with Gasteiger partial charge in [-0.25, -0.2) is 4.39 Å². The molecule has 188 valence electrons. The number of nitrogens with two attached hydrogens (primary N) is 1. The fraction of sp³-hybridized carbons (Fsp3) is 0.571. The number of amides is 1. The van der Waals surface area contributed by atoms with E-state index >= 15 is 0 Å². The highest BCUT2D eigenvalue weighted by atomic mass is 19.1. The van der Waals surface area contributed by atoms with Crippen LogP contribution in [0, 0.1) is 18.8 Å². The van der Waals surface area contributed by atoms with Crippen molar-refractivity contribution >= 4 is 17.2 Å². The van der Waals surface area contributed by atoms with Gasteiger partial charge in [0.2, 0.25) is 0 Å². The molecule has 3 rings (SSSR count). The lowest BCUT2D eigenvalue weighted by Crippen LogP contribution is -2.35.